The number of aryl methyl sites for hydroxylation is 3. The average Bonchev–Trinajstić information content (AvgIpc) is 3.19. The Morgan fingerprint density at radius 2 is 1.73 bits per heavy atom. The number of carbonyl (C=O) groups excluding carboxylic acids is 2. The number of rotatable bonds is 7. The number of anilines is 2. The van der Waals surface area contributed by atoms with Crippen LogP contribution in [0.5, 0.6) is 0 Å². The van der Waals surface area contributed by atoms with Crippen LogP contribution in [-0.2, 0) is 16.0 Å². The van der Waals surface area contributed by atoms with E-state index < -0.39 is 0 Å². The topological polar surface area (TPSA) is 61.8 Å². The van der Waals surface area contributed by atoms with Crippen LogP contribution in [0.1, 0.15) is 54.5 Å². The van der Waals surface area contributed by atoms with Crippen molar-refractivity contribution in [3.8, 4) is 0 Å². The Morgan fingerprint density at radius 3 is 2.38 bits per heavy atom. The van der Waals surface area contributed by atoms with E-state index >= 15 is 0 Å². The lowest BCUT2D eigenvalue weighted by Gasteiger charge is -2.18. The number of hydrogen-bond donors (Lipinski definition) is 1. The first-order valence-electron chi connectivity index (χ1n) is 12.6. The van der Waals surface area contributed by atoms with Crippen molar-refractivity contribution in [2.24, 2.45) is 4.99 Å². The van der Waals surface area contributed by atoms with E-state index in [2.05, 4.69) is 43.2 Å². The van der Waals surface area contributed by atoms with Gasteiger partial charge in [0.05, 0.1) is 11.4 Å². The molecule has 0 saturated carbocycles. The number of nitrogens with one attached hydrogen (secondary N) is 1. The van der Waals surface area contributed by atoms with Gasteiger partial charge in [0, 0.05) is 5.69 Å². The third-order valence-electron chi connectivity index (χ3n) is 6.37. The zero-order valence-electron chi connectivity index (χ0n) is 22.0. The lowest BCUT2D eigenvalue weighted by atomic mass is 10.0. The van der Waals surface area contributed by atoms with Gasteiger partial charge in [-0.3, -0.25) is 14.5 Å². The van der Waals surface area contributed by atoms with Crippen LogP contribution in [0.4, 0.5) is 11.4 Å². The second-order valence-corrected chi connectivity index (χ2v) is 10.5. The maximum Gasteiger partial charge on any atom is 0.283 e. The Hall–Kier alpha value is -3.64. The van der Waals surface area contributed by atoms with Crippen LogP contribution in [0.15, 0.2) is 77.4 Å². The van der Waals surface area contributed by atoms with Gasteiger partial charge >= 0.3 is 0 Å². The molecule has 0 bridgehead atoms. The minimum absolute atomic E-state index is 0.130. The summed E-state index contributed by atoms with van der Waals surface area (Å²) in [6.07, 6.45) is 2.64. The number of thioether (sulfide) groups is 1. The largest absolute Gasteiger partial charge is 0.325 e. The molecule has 0 aliphatic carbocycles. The van der Waals surface area contributed by atoms with Crippen molar-refractivity contribution in [2.45, 2.75) is 47.0 Å². The molecule has 0 saturated heterocycles. The molecule has 0 spiro atoms. The Morgan fingerprint density at radius 1 is 1.03 bits per heavy atom. The lowest BCUT2D eigenvalue weighted by molar-refractivity contribution is -0.114. The molecule has 0 unspecified atom stereocenters. The van der Waals surface area contributed by atoms with Crippen LogP contribution in [0, 0.1) is 13.8 Å². The summed E-state index contributed by atoms with van der Waals surface area (Å²) >= 11 is 1.26. The van der Waals surface area contributed by atoms with Gasteiger partial charge in [-0.15, -0.1) is 0 Å². The number of aliphatic imine (C=N–C) groups is 1. The summed E-state index contributed by atoms with van der Waals surface area (Å²) in [5, 5.41) is 3.55. The molecule has 1 heterocycles. The van der Waals surface area contributed by atoms with Crippen LogP contribution >= 0.6 is 11.8 Å². The number of para-hydroxylation sites is 1. The van der Waals surface area contributed by atoms with Crippen LogP contribution in [-0.4, -0.2) is 22.7 Å². The van der Waals surface area contributed by atoms with Crippen molar-refractivity contribution < 1.29 is 9.59 Å². The monoisotopic (exact) mass is 511 g/mol. The van der Waals surface area contributed by atoms with Crippen LogP contribution < -0.4 is 10.2 Å². The molecule has 37 heavy (non-hydrogen) atoms. The molecule has 6 heteroatoms. The minimum atomic E-state index is -0.202. The van der Waals surface area contributed by atoms with Crippen molar-refractivity contribution in [1.29, 1.82) is 0 Å². The first kappa shape index (κ1) is 26.4. The van der Waals surface area contributed by atoms with Gasteiger partial charge < -0.3 is 5.32 Å². The molecular weight excluding hydrogens is 478 g/mol. The zero-order chi connectivity index (χ0) is 26.5. The molecule has 190 valence electrons. The standard InChI is InChI=1S/C31H33N3O2S/c1-6-24-9-7-8-22(5)29(24)33-28(35)19-37-31-32-27(18-23-12-14-25(15-13-23)20(2)3)30(36)34(31)26-16-10-21(4)11-17-26/h7-18,20H,6,19H2,1-5H3,(H,33,35)/b27-18+. The molecule has 0 radical (unpaired) electrons. The van der Waals surface area contributed by atoms with Crippen LogP contribution in [0.25, 0.3) is 6.08 Å². The predicted octanol–water partition coefficient (Wildman–Crippen LogP) is 7.10. The lowest BCUT2D eigenvalue weighted by Crippen LogP contribution is -2.31. The molecule has 1 aliphatic heterocycles. The summed E-state index contributed by atoms with van der Waals surface area (Å²) in [6.45, 7) is 10.4. The van der Waals surface area contributed by atoms with Gasteiger partial charge in [0.1, 0.15) is 5.70 Å². The first-order chi connectivity index (χ1) is 17.8. The van der Waals surface area contributed by atoms with E-state index in [0.717, 1.165) is 40.0 Å². The summed E-state index contributed by atoms with van der Waals surface area (Å²) in [4.78, 5) is 32.7. The van der Waals surface area contributed by atoms with Gasteiger partial charge in [-0.2, -0.15) is 0 Å². The number of carbonyl (C=O) groups is 2. The highest BCUT2D eigenvalue weighted by Crippen LogP contribution is 2.30. The summed E-state index contributed by atoms with van der Waals surface area (Å²) in [6, 6.07) is 21.9. The van der Waals surface area contributed by atoms with Crippen molar-refractivity contribution in [3.05, 3.63) is 100 Å². The van der Waals surface area contributed by atoms with Gasteiger partial charge in [-0.05, 0) is 66.6 Å². The fourth-order valence-electron chi connectivity index (χ4n) is 4.16. The minimum Gasteiger partial charge on any atom is -0.325 e. The highest BCUT2D eigenvalue weighted by Gasteiger charge is 2.32. The van der Waals surface area contributed by atoms with Gasteiger partial charge in [0.25, 0.3) is 5.91 Å². The van der Waals surface area contributed by atoms with Gasteiger partial charge in [-0.25, -0.2) is 4.99 Å². The van der Waals surface area contributed by atoms with Crippen molar-refractivity contribution in [3.63, 3.8) is 0 Å². The quantitative estimate of drug-likeness (QED) is 0.344. The maximum atomic E-state index is 13.5. The van der Waals surface area contributed by atoms with Crippen molar-refractivity contribution in [2.75, 3.05) is 16.0 Å². The second kappa shape index (κ2) is 11.6. The molecular formula is C31H33N3O2S. The van der Waals surface area contributed by atoms with E-state index in [0.29, 0.717) is 16.8 Å². The zero-order valence-corrected chi connectivity index (χ0v) is 22.9. The molecule has 3 aromatic carbocycles. The van der Waals surface area contributed by atoms with E-state index in [4.69, 9.17) is 0 Å². The highest BCUT2D eigenvalue weighted by atomic mass is 32.2. The van der Waals surface area contributed by atoms with Crippen LogP contribution in [0.2, 0.25) is 0 Å². The van der Waals surface area contributed by atoms with Crippen molar-refractivity contribution in [1.82, 2.24) is 0 Å². The van der Waals surface area contributed by atoms with E-state index in [1.807, 2.05) is 74.5 Å². The number of nitrogens with zero attached hydrogens (tertiary/aromatic N) is 2. The van der Waals surface area contributed by atoms with Gasteiger partial charge in [0.2, 0.25) is 5.91 Å². The molecule has 0 atom stereocenters. The molecule has 4 rings (SSSR count). The van der Waals surface area contributed by atoms with Crippen LogP contribution in [0.3, 0.4) is 0 Å². The number of amides is 2. The van der Waals surface area contributed by atoms with E-state index in [1.54, 1.807) is 4.90 Å². The van der Waals surface area contributed by atoms with E-state index in [9.17, 15) is 9.59 Å². The third kappa shape index (κ3) is 6.20. The molecule has 5 nitrogen and oxygen atoms in total. The van der Waals surface area contributed by atoms with Crippen molar-refractivity contribution >= 4 is 46.2 Å². The first-order valence-corrected chi connectivity index (χ1v) is 13.6. The molecule has 0 fully saturated rings. The molecule has 1 N–H and O–H groups in total. The molecule has 0 aromatic heterocycles. The van der Waals surface area contributed by atoms with E-state index in [1.165, 1.54) is 17.3 Å². The normalized spacial score (nSPS) is 14.4. The third-order valence-corrected chi connectivity index (χ3v) is 7.30. The summed E-state index contributed by atoms with van der Waals surface area (Å²) in [5.74, 6) is 0.246. The highest BCUT2D eigenvalue weighted by molar-refractivity contribution is 8.14. The fourth-order valence-corrected chi connectivity index (χ4v) is 4.97. The fraction of sp³-hybridized carbons (Fsp3) is 0.258. The Bertz CT molecular complexity index is 1360. The Labute approximate surface area is 223 Å². The van der Waals surface area contributed by atoms with Gasteiger partial charge in [-0.1, -0.05) is 92.7 Å². The summed E-state index contributed by atoms with van der Waals surface area (Å²) < 4.78 is 0. The summed E-state index contributed by atoms with van der Waals surface area (Å²) in [7, 11) is 0. The Balaban J connectivity index is 1.58. The summed E-state index contributed by atoms with van der Waals surface area (Å²) in [5.41, 5.74) is 7.33. The average molecular weight is 512 g/mol. The molecule has 3 aromatic rings. The smallest absolute Gasteiger partial charge is 0.283 e. The SMILES string of the molecule is CCc1cccc(C)c1NC(=O)CSC1=N/C(=C/c2ccc(C(C)C)cc2)C(=O)N1c1ccc(C)cc1. The molecule has 2 amide bonds. The Kier molecular flexibility index (Phi) is 8.29. The number of benzene rings is 3. The van der Waals surface area contributed by atoms with Gasteiger partial charge in [0.15, 0.2) is 5.17 Å². The number of hydrogen-bond acceptors (Lipinski definition) is 4. The predicted molar refractivity (Wildman–Crippen MR) is 156 cm³/mol. The maximum absolute atomic E-state index is 13.5. The number of amidine groups is 1. The molecule has 1 aliphatic rings. The second-order valence-electron chi connectivity index (χ2n) is 9.52. The van der Waals surface area contributed by atoms with E-state index in [-0.39, 0.29) is 17.6 Å².